The van der Waals surface area contributed by atoms with E-state index in [1.807, 2.05) is 6.07 Å². The lowest BCUT2D eigenvalue weighted by atomic mass is 10.1. The topological polar surface area (TPSA) is 35.8 Å². The van der Waals surface area contributed by atoms with Crippen LogP contribution in [0.4, 0.5) is 10.1 Å². The Morgan fingerprint density at radius 3 is 2.75 bits per heavy atom. The summed E-state index contributed by atoms with van der Waals surface area (Å²) >= 11 is 0. The first-order chi connectivity index (χ1) is 7.79. The number of rotatable bonds is 3. The average Bonchev–Trinajstić information content (AvgIpc) is 2.80. The fraction of sp³-hybridized carbons (Fsp3) is 0.462. The molecule has 84 valence electrons. The van der Waals surface area contributed by atoms with E-state index in [4.69, 9.17) is 5.26 Å². The summed E-state index contributed by atoms with van der Waals surface area (Å²) in [6.45, 7) is 0.836. The second-order valence-corrected chi connectivity index (χ2v) is 4.34. The maximum Gasteiger partial charge on any atom is 0.147 e. The van der Waals surface area contributed by atoms with Crippen LogP contribution in [0.2, 0.25) is 0 Å². The van der Waals surface area contributed by atoms with E-state index in [0.717, 1.165) is 6.54 Å². The molecule has 1 aromatic carbocycles. The Morgan fingerprint density at radius 1 is 1.38 bits per heavy atom. The minimum atomic E-state index is -0.336. The molecule has 0 saturated heterocycles. The van der Waals surface area contributed by atoms with Crippen molar-refractivity contribution in [2.24, 2.45) is 5.92 Å². The molecular weight excluding hydrogens is 203 g/mol. The first-order valence-electron chi connectivity index (χ1n) is 5.73. The molecule has 1 saturated carbocycles. The van der Waals surface area contributed by atoms with Crippen LogP contribution in [-0.4, -0.2) is 6.54 Å². The normalized spacial score (nSPS) is 16.0. The average molecular weight is 218 g/mol. The molecule has 1 aliphatic rings. The van der Waals surface area contributed by atoms with Gasteiger partial charge in [-0.1, -0.05) is 12.8 Å². The fourth-order valence-corrected chi connectivity index (χ4v) is 2.20. The van der Waals surface area contributed by atoms with E-state index in [1.165, 1.54) is 31.7 Å². The van der Waals surface area contributed by atoms with Crippen LogP contribution in [0.25, 0.3) is 0 Å². The highest BCUT2D eigenvalue weighted by Crippen LogP contribution is 2.25. The predicted octanol–water partition coefficient (Wildman–Crippen LogP) is 3.30. The monoisotopic (exact) mass is 218 g/mol. The van der Waals surface area contributed by atoms with Crippen LogP contribution in [-0.2, 0) is 0 Å². The van der Waals surface area contributed by atoms with Gasteiger partial charge in [0.1, 0.15) is 5.82 Å². The van der Waals surface area contributed by atoms with Crippen molar-refractivity contribution in [2.45, 2.75) is 25.7 Å². The molecule has 1 fully saturated rings. The van der Waals surface area contributed by atoms with Crippen LogP contribution in [0.5, 0.6) is 0 Å². The molecule has 0 radical (unpaired) electrons. The maximum atomic E-state index is 13.5. The third kappa shape index (κ3) is 2.52. The Bertz CT molecular complexity index is 403. The quantitative estimate of drug-likeness (QED) is 0.844. The van der Waals surface area contributed by atoms with E-state index in [9.17, 15) is 4.39 Å². The fourth-order valence-electron chi connectivity index (χ4n) is 2.20. The van der Waals surface area contributed by atoms with E-state index in [-0.39, 0.29) is 5.82 Å². The highest BCUT2D eigenvalue weighted by atomic mass is 19.1. The van der Waals surface area contributed by atoms with Gasteiger partial charge in [0.05, 0.1) is 17.3 Å². The van der Waals surface area contributed by atoms with E-state index in [1.54, 1.807) is 12.1 Å². The van der Waals surface area contributed by atoms with E-state index in [2.05, 4.69) is 5.32 Å². The van der Waals surface area contributed by atoms with Gasteiger partial charge in [-0.2, -0.15) is 5.26 Å². The van der Waals surface area contributed by atoms with Crippen molar-refractivity contribution in [2.75, 3.05) is 11.9 Å². The molecule has 1 aliphatic carbocycles. The zero-order chi connectivity index (χ0) is 11.4. The molecule has 1 aromatic rings. The molecule has 0 heterocycles. The van der Waals surface area contributed by atoms with Crippen molar-refractivity contribution < 1.29 is 4.39 Å². The van der Waals surface area contributed by atoms with Gasteiger partial charge in [0, 0.05) is 6.54 Å². The zero-order valence-corrected chi connectivity index (χ0v) is 9.17. The number of nitrogens with zero attached hydrogens (tertiary/aromatic N) is 1. The van der Waals surface area contributed by atoms with Crippen molar-refractivity contribution in [3.63, 3.8) is 0 Å². The van der Waals surface area contributed by atoms with E-state index in [0.29, 0.717) is 17.2 Å². The van der Waals surface area contributed by atoms with Crippen molar-refractivity contribution >= 4 is 5.69 Å². The van der Waals surface area contributed by atoms with Gasteiger partial charge in [0.25, 0.3) is 0 Å². The summed E-state index contributed by atoms with van der Waals surface area (Å²) in [5, 5.41) is 11.7. The van der Waals surface area contributed by atoms with Gasteiger partial charge in [-0.3, -0.25) is 0 Å². The highest BCUT2D eigenvalue weighted by molar-refractivity contribution is 5.48. The van der Waals surface area contributed by atoms with Gasteiger partial charge in [-0.05, 0) is 37.0 Å². The molecule has 2 nitrogen and oxygen atoms in total. The van der Waals surface area contributed by atoms with Crippen LogP contribution < -0.4 is 5.32 Å². The summed E-state index contributed by atoms with van der Waals surface area (Å²) in [5.41, 5.74) is 0.870. The van der Waals surface area contributed by atoms with Crippen molar-refractivity contribution in [3.05, 3.63) is 29.6 Å². The maximum absolute atomic E-state index is 13.5. The van der Waals surface area contributed by atoms with Crippen LogP contribution >= 0.6 is 0 Å². The van der Waals surface area contributed by atoms with Gasteiger partial charge < -0.3 is 5.32 Å². The van der Waals surface area contributed by atoms with Crippen LogP contribution in [0.3, 0.4) is 0 Å². The van der Waals surface area contributed by atoms with Crippen LogP contribution in [0.1, 0.15) is 31.2 Å². The number of halogens is 1. The summed E-state index contributed by atoms with van der Waals surface area (Å²) in [7, 11) is 0. The molecule has 0 bridgehead atoms. The lowest BCUT2D eigenvalue weighted by Gasteiger charge is -2.12. The molecule has 1 N–H and O–H groups in total. The molecule has 0 atom stereocenters. The molecule has 0 unspecified atom stereocenters. The molecule has 16 heavy (non-hydrogen) atoms. The van der Waals surface area contributed by atoms with Gasteiger partial charge in [-0.15, -0.1) is 0 Å². The summed E-state index contributed by atoms with van der Waals surface area (Å²) in [5.74, 6) is 0.340. The van der Waals surface area contributed by atoms with Gasteiger partial charge in [-0.25, -0.2) is 4.39 Å². The number of nitriles is 1. The molecule has 0 spiro atoms. The largest absolute Gasteiger partial charge is 0.382 e. The Morgan fingerprint density at radius 2 is 2.12 bits per heavy atom. The minimum absolute atomic E-state index is 0.336. The Kier molecular flexibility index (Phi) is 3.40. The highest BCUT2D eigenvalue weighted by Gasteiger charge is 2.15. The third-order valence-corrected chi connectivity index (χ3v) is 3.15. The SMILES string of the molecule is N#Cc1ccc(NCC2CCCC2)c(F)c1. The zero-order valence-electron chi connectivity index (χ0n) is 9.17. The van der Waals surface area contributed by atoms with Crippen LogP contribution in [0, 0.1) is 23.1 Å². The van der Waals surface area contributed by atoms with Crippen molar-refractivity contribution in [3.8, 4) is 6.07 Å². The summed E-state index contributed by atoms with van der Waals surface area (Å²) in [6.07, 6.45) is 5.07. The third-order valence-electron chi connectivity index (χ3n) is 3.15. The first-order valence-corrected chi connectivity index (χ1v) is 5.73. The van der Waals surface area contributed by atoms with Crippen LogP contribution in [0.15, 0.2) is 18.2 Å². The standard InChI is InChI=1S/C13H15FN2/c14-12-7-11(8-15)5-6-13(12)16-9-10-3-1-2-4-10/h5-7,10,16H,1-4,9H2. The van der Waals surface area contributed by atoms with Gasteiger partial charge in [0.2, 0.25) is 0 Å². The minimum Gasteiger partial charge on any atom is -0.382 e. The number of nitrogens with one attached hydrogen (secondary N) is 1. The summed E-state index contributed by atoms with van der Waals surface area (Å²) in [6, 6.07) is 6.48. The number of anilines is 1. The number of benzene rings is 1. The van der Waals surface area contributed by atoms with Gasteiger partial charge in [0.15, 0.2) is 0 Å². The predicted molar refractivity (Wildman–Crippen MR) is 61.6 cm³/mol. The lowest BCUT2D eigenvalue weighted by Crippen LogP contribution is -2.11. The van der Waals surface area contributed by atoms with Crippen molar-refractivity contribution in [1.82, 2.24) is 0 Å². The summed E-state index contributed by atoms with van der Waals surface area (Å²) in [4.78, 5) is 0. The molecule has 0 amide bonds. The molecule has 3 heteroatoms. The first kappa shape index (κ1) is 10.9. The number of hydrogen-bond acceptors (Lipinski definition) is 2. The Labute approximate surface area is 95.1 Å². The molecule has 2 rings (SSSR count). The second kappa shape index (κ2) is 4.98. The summed E-state index contributed by atoms with van der Waals surface area (Å²) < 4.78 is 13.5. The molecule has 0 aromatic heterocycles. The van der Waals surface area contributed by atoms with E-state index < -0.39 is 0 Å². The smallest absolute Gasteiger partial charge is 0.147 e. The van der Waals surface area contributed by atoms with Gasteiger partial charge >= 0.3 is 0 Å². The molecule has 0 aliphatic heterocycles. The van der Waals surface area contributed by atoms with Crippen molar-refractivity contribution in [1.29, 1.82) is 5.26 Å². The Balaban J connectivity index is 1.96. The second-order valence-electron chi connectivity index (χ2n) is 4.34. The van der Waals surface area contributed by atoms with E-state index >= 15 is 0 Å². The number of hydrogen-bond donors (Lipinski definition) is 1. The molecular formula is C13H15FN2. The Hall–Kier alpha value is -1.56. The lowest BCUT2D eigenvalue weighted by molar-refractivity contribution is 0.573.